The van der Waals surface area contributed by atoms with E-state index in [4.69, 9.17) is 16.3 Å². The largest absolute Gasteiger partial charge is 0.377 e. The SMILES string of the molecule is CC(C)OCCn1c(CCCl)nc2ccc(Br)cc21. The van der Waals surface area contributed by atoms with Crippen molar-refractivity contribution in [2.24, 2.45) is 0 Å². The predicted molar refractivity (Wildman–Crippen MR) is 82.9 cm³/mol. The fourth-order valence-corrected chi connectivity index (χ4v) is 2.57. The minimum atomic E-state index is 0.248. The molecule has 0 unspecified atom stereocenters. The molecule has 1 heterocycles. The van der Waals surface area contributed by atoms with Gasteiger partial charge in [0.2, 0.25) is 0 Å². The van der Waals surface area contributed by atoms with Gasteiger partial charge in [0.05, 0.1) is 23.7 Å². The van der Waals surface area contributed by atoms with E-state index in [2.05, 4.69) is 31.5 Å². The third kappa shape index (κ3) is 3.71. The fraction of sp³-hybridized carbons (Fsp3) is 0.500. The Hall–Kier alpha value is -0.580. The molecule has 3 nitrogen and oxygen atoms in total. The number of ether oxygens (including phenoxy) is 1. The van der Waals surface area contributed by atoms with Gasteiger partial charge in [-0.3, -0.25) is 0 Å². The van der Waals surface area contributed by atoms with Gasteiger partial charge in [-0.25, -0.2) is 4.98 Å². The van der Waals surface area contributed by atoms with Crippen LogP contribution in [-0.2, 0) is 17.7 Å². The summed E-state index contributed by atoms with van der Waals surface area (Å²) in [5.74, 6) is 1.60. The molecule has 5 heteroatoms. The predicted octanol–water partition coefficient (Wildman–Crippen LogP) is 4.01. The Bertz CT molecular complexity index is 554. The van der Waals surface area contributed by atoms with Gasteiger partial charge in [-0.05, 0) is 32.0 Å². The van der Waals surface area contributed by atoms with Crippen LogP contribution in [0.5, 0.6) is 0 Å². The smallest absolute Gasteiger partial charge is 0.111 e. The van der Waals surface area contributed by atoms with Gasteiger partial charge < -0.3 is 9.30 Å². The van der Waals surface area contributed by atoms with Crippen molar-refractivity contribution >= 4 is 38.6 Å². The number of nitrogens with zero attached hydrogens (tertiary/aromatic N) is 2. The second-order valence-electron chi connectivity index (χ2n) is 4.67. The van der Waals surface area contributed by atoms with Crippen LogP contribution in [0.1, 0.15) is 19.7 Å². The van der Waals surface area contributed by atoms with Gasteiger partial charge in [-0.15, -0.1) is 11.6 Å². The van der Waals surface area contributed by atoms with E-state index < -0.39 is 0 Å². The maximum atomic E-state index is 5.86. The van der Waals surface area contributed by atoms with Gasteiger partial charge in [0.25, 0.3) is 0 Å². The number of halogens is 2. The van der Waals surface area contributed by atoms with Gasteiger partial charge >= 0.3 is 0 Å². The molecule has 0 fully saturated rings. The number of rotatable bonds is 6. The lowest BCUT2D eigenvalue weighted by molar-refractivity contribution is 0.0729. The van der Waals surface area contributed by atoms with Crippen LogP contribution < -0.4 is 0 Å². The van der Waals surface area contributed by atoms with E-state index in [9.17, 15) is 0 Å². The molecular weight excluding hydrogens is 328 g/mol. The summed E-state index contributed by atoms with van der Waals surface area (Å²) in [5.41, 5.74) is 2.13. The van der Waals surface area contributed by atoms with Crippen LogP contribution in [0.15, 0.2) is 22.7 Å². The monoisotopic (exact) mass is 344 g/mol. The Labute approximate surface area is 127 Å². The second kappa shape index (κ2) is 6.73. The minimum absolute atomic E-state index is 0.248. The van der Waals surface area contributed by atoms with Crippen LogP contribution in [0.25, 0.3) is 11.0 Å². The highest BCUT2D eigenvalue weighted by molar-refractivity contribution is 9.10. The first-order chi connectivity index (χ1) is 9.11. The number of hydrogen-bond acceptors (Lipinski definition) is 2. The van der Waals surface area contributed by atoms with Crippen LogP contribution in [0.2, 0.25) is 0 Å². The highest BCUT2D eigenvalue weighted by Gasteiger charge is 2.10. The normalized spacial score (nSPS) is 11.6. The first kappa shape index (κ1) is 14.8. The molecule has 0 bridgehead atoms. The number of imidazole rings is 1. The summed E-state index contributed by atoms with van der Waals surface area (Å²) in [5, 5.41) is 0. The maximum absolute atomic E-state index is 5.86. The number of alkyl halides is 1. The molecule has 0 saturated heterocycles. The molecule has 2 rings (SSSR count). The number of fused-ring (bicyclic) bond motifs is 1. The third-order valence-electron chi connectivity index (χ3n) is 2.87. The zero-order chi connectivity index (χ0) is 13.8. The van der Waals surface area contributed by atoms with Crippen molar-refractivity contribution < 1.29 is 4.74 Å². The van der Waals surface area contributed by atoms with Gasteiger partial charge in [-0.2, -0.15) is 0 Å². The van der Waals surface area contributed by atoms with Crippen LogP contribution in [-0.4, -0.2) is 28.1 Å². The first-order valence-corrected chi connectivity index (χ1v) is 7.77. The molecule has 0 aliphatic carbocycles. The van der Waals surface area contributed by atoms with Gasteiger partial charge in [-0.1, -0.05) is 15.9 Å². The van der Waals surface area contributed by atoms with Crippen LogP contribution in [0.4, 0.5) is 0 Å². The first-order valence-electron chi connectivity index (χ1n) is 6.44. The van der Waals surface area contributed by atoms with Crippen molar-refractivity contribution in [3.05, 3.63) is 28.5 Å². The van der Waals surface area contributed by atoms with Crippen LogP contribution in [0, 0.1) is 0 Å². The van der Waals surface area contributed by atoms with E-state index in [1.165, 1.54) is 0 Å². The molecule has 0 aliphatic rings. The van der Waals surface area contributed by atoms with Gasteiger partial charge in [0.15, 0.2) is 0 Å². The highest BCUT2D eigenvalue weighted by atomic mass is 79.9. The molecule has 0 aliphatic heterocycles. The van der Waals surface area contributed by atoms with E-state index in [1.807, 2.05) is 26.0 Å². The van der Waals surface area contributed by atoms with Gasteiger partial charge in [0, 0.05) is 23.3 Å². The van der Waals surface area contributed by atoms with Crippen LogP contribution >= 0.6 is 27.5 Å². The summed E-state index contributed by atoms with van der Waals surface area (Å²) in [7, 11) is 0. The summed E-state index contributed by atoms with van der Waals surface area (Å²) in [6, 6.07) is 6.13. The summed E-state index contributed by atoms with van der Waals surface area (Å²) < 4.78 is 8.89. The number of hydrogen-bond donors (Lipinski definition) is 0. The molecule has 0 spiro atoms. The molecule has 1 aromatic carbocycles. The molecule has 0 atom stereocenters. The topological polar surface area (TPSA) is 27.1 Å². The Morgan fingerprint density at radius 3 is 2.89 bits per heavy atom. The van der Waals surface area contributed by atoms with E-state index in [0.29, 0.717) is 12.5 Å². The van der Waals surface area contributed by atoms with Crippen molar-refractivity contribution in [1.29, 1.82) is 0 Å². The zero-order valence-corrected chi connectivity index (χ0v) is 13.5. The minimum Gasteiger partial charge on any atom is -0.377 e. The number of aromatic nitrogens is 2. The lowest BCUT2D eigenvalue weighted by atomic mass is 10.3. The summed E-state index contributed by atoms with van der Waals surface area (Å²) in [6.45, 7) is 5.58. The number of benzene rings is 1. The zero-order valence-electron chi connectivity index (χ0n) is 11.2. The van der Waals surface area contributed by atoms with Crippen molar-refractivity contribution in [3.63, 3.8) is 0 Å². The highest BCUT2D eigenvalue weighted by Crippen LogP contribution is 2.21. The summed E-state index contributed by atoms with van der Waals surface area (Å²) in [4.78, 5) is 4.64. The molecule has 1 aromatic heterocycles. The van der Waals surface area contributed by atoms with E-state index in [1.54, 1.807) is 0 Å². The molecule has 104 valence electrons. The third-order valence-corrected chi connectivity index (χ3v) is 3.56. The molecule has 19 heavy (non-hydrogen) atoms. The van der Waals surface area contributed by atoms with E-state index in [0.717, 1.165) is 34.3 Å². The standard InChI is InChI=1S/C14H18BrClN2O/c1-10(2)19-8-7-18-13-9-11(15)3-4-12(13)17-14(18)5-6-16/h3-4,9-10H,5-8H2,1-2H3. The molecule has 0 saturated carbocycles. The fourth-order valence-electron chi connectivity index (χ4n) is 2.05. The van der Waals surface area contributed by atoms with E-state index in [-0.39, 0.29) is 6.10 Å². The molecule has 2 aromatic rings. The molecule has 0 N–H and O–H groups in total. The average molecular weight is 346 g/mol. The quantitative estimate of drug-likeness (QED) is 0.740. The van der Waals surface area contributed by atoms with Gasteiger partial charge in [0.1, 0.15) is 5.82 Å². The Balaban J connectivity index is 2.30. The molecular formula is C14H18BrClN2O. The lowest BCUT2D eigenvalue weighted by Gasteiger charge is -2.11. The Kier molecular flexibility index (Phi) is 5.25. The number of aryl methyl sites for hydroxylation is 1. The van der Waals surface area contributed by atoms with Crippen molar-refractivity contribution in [2.45, 2.75) is 32.9 Å². The van der Waals surface area contributed by atoms with Crippen molar-refractivity contribution in [3.8, 4) is 0 Å². The van der Waals surface area contributed by atoms with Crippen molar-refractivity contribution in [2.75, 3.05) is 12.5 Å². The van der Waals surface area contributed by atoms with Crippen molar-refractivity contribution in [1.82, 2.24) is 9.55 Å². The summed E-state index contributed by atoms with van der Waals surface area (Å²) >= 11 is 9.37. The molecule has 0 radical (unpaired) electrons. The average Bonchev–Trinajstić information content (AvgIpc) is 2.67. The summed E-state index contributed by atoms with van der Waals surface area (Å²) in [6.07, 6.45) is 1.02. The van der Waals surface area contributed by atoms with E-state index >= 15 is 0 Å². The second-order valence-corrected chi connectivity index (χ2v) is 5.96. The Morgan fingerprint density at radius 1 is 1.42 bits per heavy atom. The molecule has 0 amide bonds. The maximum Gasteiger partial charge on any atom is 0.111 e. The van der Waals surface area contributed by atoms with Crippen LogP contribution in [0.3, 0.4) is 0 Å². The Morgan fingerprint density at radius 2 is 2.21 bits per heavy atom. The lowest BCUT2D eigenvalue weighted by Crippen LogP contribution is -2.13.